The van der Waals surface area contributed by atoms with Gasteiger partial charge in [0, 0.05) is 0 Å². The summed E-state index contributed by atoms with van der Waals surface area (Å²) in [6.07, 6.45) is 0. The number of nitrogens with zero attached hydrogens (tertiary/aromatic N) is 2. The normalized spacial score (nSPS) is 10.9. The number of nitrogens with one attached hydrogen (secondary N) is 1. The Labute approximate surface area is 97.9 Å². The summed E-state index contributed by atoms with van der Waals surface area (Å²) in [6.45, 7) is 2.25. The molecule has 1 aromatic carbocycles. The van der Waals surface area contributed by atoms with Crippen LogP contribution in [0.2, 0.25) is 5.28 Å². The van der Waals surface area contributed by atoms with E-state index in [-0.39, 0.29) is 10.8 Å². The van der Waals surface area contributed by atoms with E-state index in [9.17, 15) is 4.79 Å². The summed E-state index contributed by atoms with van der Waals surface area (Å²) in [7, 11) is 1.75. The van der Waals surface area contributed by atoms with Crippen molar-refractivity contribution in [3.8, 4) is 0 Å². The predicted octanol–water partition coefficient (Wildman–Crippen LogP) is 1.54. The van der Waals surface area contributed by atoms with Crippen LogP contribution in [0.15, 0.2) is 23.0 Å². The van der Waals surface area contributed by atoms with E-state index in [0.29, 0.717) is 17.6 Å². The van der Waals surface area contributed by atoms with Crippen LogP contribution in [0.5, 0.6) is 0 Å². The molecular weight excluding hydrogens is 226 g/mol. The molecule has 2 rings (SSSR count). The second kappa shape index (κ2) is 4.23. The van der Waals surface area contributed by atoms with Crippen molar-refractivity contribution in [1.82, 2.24) is 14.9 Å². The molecule has 0 saturated carbocycles. The molecule has 1 heterocycles. The number of benzene rings is 1. The van der Waals surface area contributed by atoms with Crippen LogP contribution >= 0.6 is 11.6 Å². The molecule has 0 amide bonds. The van der Waals surface area contributed by atoms with Gasteiger partial charge >= 0.3 is 0 Å². The summed E-state index contributed by atoms with van der Waals surface area (Å²) in [5.74, 6) is 0. The van der Waals surface area contributed by atoms with Crippen molar-refractivity contribution in [2.45, 2.75) is 13.6 Å². The van der Waals surface area contributed by atoms with Gasteiger partial charge in [-0.2, -0.15) is 0 Å². The van der Waals surface area contributed by atoms with E-state index in [0.717, 1.165) is 5.56 Å². The molecule has 2 aromatic rings. The first-order chi connectivity index (χ1) is 7.65. The number of fused-ring (bicyclic) bond motifs is 1. The van der Waals surface area contributed by atoms with E-state index in [1.54, 1.807) is 13.1 Å². The van der Waals surface area contributed by atoms with Crippen LogP contribution in [0.25, 0.3) is 10.9 Å². The van der Waals surface area contributed by atoms with E-state index < -0.39 is 0 Å². The van der Waals surface area contributed by atoms with Gasteiger partial charge in [-0.05, 0) is 37.2 Å². The first-order valence-corrected chi connectivity index (χ1v) is 5.33. The smallest absolute Gasteiger partial charge is 0.263 e. The van der Waals surface area contributed by atoms with Crippen LogP contribution in [0.3, 0.4) is 0 Å². The molecule has 0 spiro atoms. The Bertz CT molecular complexity index is 592. The Hall–Kier alpha value is -1.39. The molecule has 84 valence electrons. The Kier molecular flexibility index (Phi) is 2.94. The Balaban J connectivity index is 2.86. The minimum absolute atomic E-state index is 0.109. The zero-order chi connectivity index (χ0) is 11.7. The molecule has 0 radical (unpaired) electrons. The summed E-state index contributed by atoms with van der Waals surface area (Å²) in [6, 6.07) is 5.55. The van der Waals surface area contributed by atoms with Gasteiger partial charge in [0.05, 0.1) is 17.6 Å². The van der Waals surface area contributed by atoms with Crippen molar-refractivity contribution < 1.29 is 0 Å². The summed E-state index contributed by atoms with van der Waals surface area (Å²) >= 11 is 5.95. The molecule has 0 aliphatic carbocycles. The summed E-state index contributed by atoms with van der Waals surface area (Å²) in [5.41, 5.74) is 1.45. The first kappa shape index (κ1) is 11.1. The van der Waals surface area contributed by atoms with Crippen molar-refractivity contribution in [3.05, 3.63) is 39.4 Å². The van der Waals surface area contributed by atoms with Gasteiger partial charge in [0.2, 0.25) is 5.28 Å². The van der Waals surface area contributed by atoms with Crippen molar-refractivity contribution in [2.75, 3.05) is 7.05 Å². The fourth-order valence-electron chi connectivity index (χ4n) is 1.70. The zero-order valence-corrected chi connectivity index (χ0v) is 9.88. The van der Waals surface area contributed by atoms with Crippen LogP contribution < -0.4 is 10.9 Å². The topological polar surface area (TPSA) is 46.9 Å². The van der Waals surface area contributed by atoms with E-state index >= 15 is 0 Å². The first-order valence-electron chi connectivity index (χ1n) is 4.95. The maximum Gasteiger partial charge on any atom is 0.263 e. The molecular formula is C11H12ClN3O. The van der Waals surface area contributed by atoms with Gasteiger partial charge in [0.15, 0.2) is 0 Å². The molecule has 0 bridgehead atoms. The van der Waals surface area contributed by atoms with Crippen LogP contribution in [-0.4, -0.2) is 16.6 Å². The third-order valence-corrected chi connectivity index (χ3v) is 2.75. The third kappa shape index (κ3) is 1.70. The fourth-order valence-corrected chi connectivity index (χ4v) is 1.92. The van der Waals surface area contributed by atoms with Gasteiger partial charge < -0.3 is 5.32 Å². The van der Waals surface area contributed by atoms with Gasteiger partial charge in [-0.3, -0.25) is 9.36 Å². The second-order valence-corrected chi connectivity index (χ2v) is 3.93. The van der Waals surface area contributed by atoms with Gasteiger partial charge in [0.25, 0.3) is 5.56 Å². The molecule has 4 nitrogen and oxygen atoms in total. The highest BCUT2D eigenvalue weighted by Crippen LogP contribution is 2.14. The summed E-state index contributed by atoms with van der Waals surface area (Å²) < 4.78 is 1.41. The Morgan fingerprint density at radius 2 is 2.25 bits per heavy atom. The SMILES string of the molecule is CNCn1c(Cl)nc2cccc(C)c2c1=O. The van der Waals surface area contributed by atoms with Crippen molar-refractivity contribution in [1.29, 1.82) is 0 Å². The Morgan fingerprint density at radius 1 is 1.50 bits per heavy atom. The quantitative estimate of drug-likeness (QED) is 0.806. The zero-order valence-electron chi connectivity index (χ0n) is 9.12. The minimum atomic E-state index is -0.109. The molecule has 16 heavy (non-hydrogen) atoms. The van der Waals surface area contributed by atoms with Crippen LogP contribution in [-0.2, 0) is 6.67 Å². The Morgan fingerprint density at radius 3 is 2.94 bits per heavy atom. The van der Waals surface area contributed by atoms with E-state index in [1.807, 2.05) is 19.1 Å². The average molecular weight is 238 g/mol. The largest absolute Gasteiger partial charge is 0.302 e. The number of rotatable bonds is 2. The van der Waals surface area contributed by atoms with Crippen LogP contribution in [0.1, 0.15) is 5.56 Å². The summed E-state index contributed by atoms with van der Waals surface area (Å²) in [4.78, 5) is 16.4. The van der Waals surface area contributed by atoms with Crippen LogP contribution in [0.4, 0.5) is 0 Å². The van der Waals surface area contributed by atoms with E-state index in [2.05, 4.69) is 10.3 Å². The third-order valence-electron chi connectivity index (χ3n) is 2.46. The molecule has 0 saturated heterocycles. The number of aromatic nitrogens is 2. The summed E-state index contributed by atoms with van der Waals surface area (Å²) in [5, 5.41) is 3.72. The highest BCUT2D eigenvalue weighted by Gasteiger charge is 2.09. The molecule has 0 fully saturated rings. The van der Waals surface area contributed by atoms with Crippen LogP contribution in [0, 0.1) is 6.92 Å². The molecule has 0 aliphatic heterocycles. The molecule has 1 N–H and O–H groups in total. The van der Waals surface area contributed by atoms with Gasteiger partial charge in [-0.1, -0.05) is 12.1 Å². The maximum absolute atomic E-state index is 12.2. The van der Waals surface area contributed by atoms with E-state index in [1.165, 1.54) is 4.57 Å². The lowest BCUT2D eigenvalue weighted by Crippen LogP contribution is -2.28. The lowest BCUT2D eigenvalue weighted by atomic mass is 10.1. The number of hydrogen-bond donors (Lipinski definition) is 1. The molecule has 0 aliphatic rings. The monoisotopic (exact) mass is 237 g/mol. The lowest BCUT2D eigenvalue weighted by molar-refractivity contribution is 0.594. The van der Waals surface area contributed by atoms with Crippen molar-refractivity contribution >= 4 is 22.5 Å². The average Bonchev–Trinajstić information content (AvgIpc) is 2.24. The van der Waals surface area contributed by atoms with Gasteiger partial charge in [-0.25, -0.2) is 4.98 Å². The maximum atomic E-state index is 12.2. The van der Waals surface area contributed by atoms with Gasteiger partial charge in [0.1, 0.15) is 0 Å². The van der Waals surface area contributed by atoms with Gasteiger partial charge in [-0.15, -0.1) is 0 Å². The highest BCUT2D eigenvalue weighted by atomic mass is 35.5. The number of aryl methyl sites for hydroxylation is 1. The lowest BCUT2D eigenvalue weighted by Gasteiger charge is -2.09. The number of halogens is 1. The minimum Gasteiger partial charge on any atom is -0.302 e. The molecule has 0 unspecified atom stereocenters. The standard InChI is InChI=1S/C11H12ClN3O/c1-7-4-3-5-8-9(7)10(16)15(6-13-2)11(12)14-8/h3-5,13H,6H2,1-2H3. The van der Waals surface area contributed by atoms with Crippen molar-refractivity contribution in [2.24, 2.45) is 0 Å². The fraction of sp³-hybridized carbons (Fsp3) is 0.273. The highest BCUT2D eigenvalue weighted by molar-refractivity contribution is 6.28. The number of hydrogen-bond acceptors (Lipinski definition) is 3. The van der Waals surface area contributed by atoms with Crippen molar-refractivity contribution in [3.63, 3.8) is 0 Å². The molecule has 1 aromatic heterocycles. The second-order valence-electron chi connectivity index (χ2n) is 3.59. The predicted molar refractivity (Wildman–Crippen MR) is 64.8 cm³/mol. The van der Waals surface area contributed by atoms with E-state index in [4.69, 9.17) is 11.6 Å². The molecule has 0 atom stereocenters. The molecule has 5 heteroatoms.